The van der Waals surface area contributed by atoms with Crippen LogP contribution in [0.4, 0.5) is 5.69 Å². The number of Topliss-reactive ketones (excluding diaryl/α,β-unsaturated/α-hetero) is 1. The van der Waals surface area contributed by atoms with Gasteiger partial charge in [-0.2, -0.15) is 0 Å². The Labute approximate surface area is 187 Å². The number of carbonyl (C=O) groups is 1. The van der Waals surface area contributed by atoms with Crippen molar-refractivity contribution >= 4 is 11.5 Å². The second-order valence-corrected chi connectivity index (χ2v) is 10.0. The van der Waals surface area contributed by atoms with Crippen LogP contribution in [0.5, 0.6) is 0 Å². The highest BCUT2D eigenvalue weighted by Gasteiger charge is 2.51. The van der Waals surface area contributed by atoms with Crippen molar-refractivity contribution in [1.29, 1.82) is 0 Å². The first kappa shape index (κ1) is 20.8. The number of nitro groups is 1. The molecule has 0 bridgehead atoms. The Kier molecular flexibility index (Phi) is 4.91. The molecule has 2 aromatic carbocycles. The van der Waals surface area contributed by atoms with E-state index >= 15 is 0 Å². The third-order valence-corrected chi connectivity index (χ3v) is 7.01. The Morgan fingerprint density at radius 1 is 0.969 bits per heavy atom. The molecule has 32 heavy (non-hydrogen) atoms. The van der Waals surface area contributed by atoms with Gasteiger partial charge in [-0.1, -0.05) is 55.8 Å². The lowest BCUT2D eigenvalue weighted by atomic mass is 9.65. The van der Waals surface area contributed by atoms with Gasteiger partial charge in [0, 0.05) is 41.7 Å². The van der Waals surface area contributed by atoms with Gasteiger partial charge in [-0.3, -0.25) is 14.9 Å². The Morgan fingerprint density at radius 3 is 2.28 bits per heavy atom. The Hall–Kier alpha value is -3.03. The summed E-state index contributed by atoms with van der Waals surface area (Å²) in [5.41, 5.74) is 12.0. The predicted octanol–water partition coefficient (Wildman–Crippen LogP) is 4.02. The summed E-state index contributed by atoms with van der Waals surface area (Å²) in [6.07, 6.45) is 1.32. The van der Waals surface area contributed by atoms with Gasteiger partial charge in [0.15, 0.2) is 5.78 Å². The number of non-ortho nitro benzene ring substituents is 1. The predicted molar refractivity (Wildman–Crippen MR) is 121 cm³/mol. The van der Waals surface area contributed by atoms with Crippen molar-refractivity contribution in [3.8, 4) is 0 Å². The number of fused-ring (bicyclic) bond motifs is 1. The molecule has 0 aromatic heterocycles. The number of hydrogen-bond acceptors (Lipinski definition) is 6. The fraction of sp³-hybridized carbons (Fsp3) is 0.400. The van der Waals surface area contributed by atoms with E-state index in [0.29, 0.717) is 6.42 Å². The van der Waals surface area contributed by atoms with Crippen molar-refractivity contribution in [3.05, 3.63) is 86.6 Å². The number of benzene rings is 2. The molecular weight excluding hydrogens is 404 g/mol. The highest BCUT2D eigenvalue weighted by molar-refractivity contribution is 5.99. The van der Waals surface area contributed by atoms with Crippen LogP contribution in [0.2, 0.25) is 0 Å². The first-order valence-corrected chi connectivity index (χ1v) is 11.1. The molecule has 5 rings (SSSR count). The summed E-state index contributed by atoms with van der Waals surface area (Å²) >= 11 is 0. The van der Waals surface area contributed by atoms with Crippen LogP contribution >= 0.6 is 0 Å². The average Bonchev–Trinajstić information content (AvgIpc) is 3.15. The number of aryl methyl sites for hydroxylation is 1. The zero-order chi connectivity index (χ0) is 22.6. The minimum absolute atomic E-state index is 0.0306. The van der Waals surface area contributed by atoms with E-state index in [2.05, 4.69) is 61.2 Å². The fourth-order valence-corrected chi connectivity index (χ4v) is 5.56. The molecule has 2 heterocycles. The van der Waals surface area contributed by atoms with Gasteiger partial charge >= 0.3 is 0 Å². The minimum Gasteiger partial charge on any atom is -0.371 e. The molecule has 166 valence electrons. The minimum atomic E-state index is -0.385. The maximum Gasteiger partial charge on any atom is 0.269 e. The normalized spacial score (nSPS) is 28.7. The number of nitrogens with one attached hydrogen (secondary N) is 3. The summed E-state index contributed by atoms with van der Waals surface area (Å²) < 4.78 is 0. The van der Waals surface area contributed by atoms with E-state index in [4.69, 9.17) is 0 Å². The molecule has 0 amide bonds. The van der Waals surface area contributed by atoms with E-state index in [-0.39, 0.29) is 45.9 Å². The zero-order valence-corrected chi connectivity index (χ0v) is 18.5. The molecule has 4 atom stereocenters. The highest BCUT2D eigenvalue weighted by atomic mass is 16.6. The molecular formula is C25H28N4O3. The molecule has 3 aliphatic rings. The van der Waals surface area contributed by atoms with Gasteiger partial charge in [0.1, 0.15) is 0 Å². The van der Waals surface area contributed by atoms with Crippen molar-refractivity contribution in [1.82, 2.24) is 16.2 Å². The van der Waals surface area contributed by atoms with Gasteiger partial charge in [0.25, 0.3) is 5.69 Å². The number of ketones is 1. The molecule has 0 radical (unpaired) electrons. The van der Waals surface area contributed by atoms with Crippen molar-refractivity contribution in [2.45, 2.75) is 51.7 Å². The standard InChI is InChI=1S/C25H28N4O3/c1-14-4-6-15(7-5-14)20-21-18(12-25(2,3)13-19(21)30)26-24-22(20)23(27-28-24)16-8-10-17(11-9-16)29(31)32/h4-11,20,22-24,26-28H,12-13H2,1-3H3. The number of allylic oxidation sites excluding steroid dienone is 2. The molecule has 7 nitrogen and oxygen atoms in total. The zero-order valence-electron chi connectivity index (χ0n) is 18.5. The lowest BCUT2D eigenvalue weighted by molar-refractivity contribution is -0.384. The van der Waals surface area contributed by atoms with Crippen LogP contribution in [0.1, 0.15) is 55.3 Å². The van der Waals surface area contributed by atoms with Gasteiger partial charge in [-0.15, -0.1) is 0 Å². The van der Waals surface area contributed by atoms with Crippen LogP contribution in [0.25, 0.3) is 0 Å². The number of hydrazine groups is 1. The van der Waals surface area contributed by atoms with E-state index in [1.54, 1.807) is 12.1 Å². The monoisotopic (exact) mass is 432 g/mol. The average molecular weight is 433 g/mol. The summed E-state index contributed by atoms with van der Waals surface area (Å²) in [5.74, 6) is 0.174. The number of hydrogen-bond donors (Lipinski definition) is 3. The third-order valence-electron chi connectivity index (χ3n) is 7.01. The van der Waals surface area contributed by atoms with Crippen molar-refractivity contribution in [2.75, 3.05) is 0 Å². The Bertz CT molecular complexity index is 1110. The summed E-state index contributed by atoms with van der Waals surface area (Å²) in [6, 6.07) is 15.1. The van der Waals surface area contributed by atoms with Gasteiger partial charge in [0.2, 0.25) is 0 Å². The van der Waals surface area contributed by atoms with Gasteiger partial charge in [0.05, 0.1) is 17.1 Å². The van der Waals surface area contributed by atoms with E-state index in [1.807, 2.05) is 12.1 Å². The molecule has 7 heteroatoms. The Morgan fingerprint density at radius 2 is 1.62 bits per heavy atom. The van der Waals surface area contributed by atoms with E-state index in [9.17, 15) is 14.9 Å². The maximum absolute atomic E-state index is 13.4. The molecule has 4 unspecified atom stereocenters. The quantitative estimate of drug-likeness (QED) is 0.501. The molecule has 0 saturated carbocycles. The van der Waals surface area contributed by atoms with Crippen molar-refractivity contribution in [3.63, 3.8) is 0 Å². The van der Waals surface area contributed by atoms with Crippen LogP contribution < -0.4 is 16.2 Å². The lowest BCUT2D eigenvalue weighted by Crippen LogP contribution is -2.51. The van der Waals surface area contributed by atoms with Crippen LogP contribution in [-0.2, 0) is 4.79 Å². The first-order valence-electron chi connectivity index (χ1n) is 11.1. The van der Waals surface area contributed by atoms with Crippen LogP contribution in [0.3, 0.4) is 0 Å². The van der Waals surface area contributed by atoms with E-state index in [1.165, 1.54) is 5.56 Å². The molecule has 3 N–H and O–H groups in total. The highest BCUT2D eigenvalue weighted by Crippen LogP contribution is 2.51. The molecule has 2 aromatic rings. The van der Waals surface area contributed by atoms with Gasteiger partial charge in [-0.25, -0.2) is 10.9 Å². The number of nitrogens with zero attached hydrogens (tertiary/aromatic N) is 1. The molecule has 1 fully saturated rings. The fourth-order valence-electron chi connectivity index (χ4n) is 5.56. The second-order valence-electron chi connectivity index (χ2n) is 10.0. The SMILES string of the molecule is Cc1ccc(C2C3=C(CC(C)(C)CC3=O)NC3NNC(c4ccc([N+](=O)[O-])cc4)C32)cc1. The number of nitro benzene ring substituents is 1. The summed E-state index contributed by atoms with van der Waals surface area (Å²) in [4.78, 5) is 24.1. The van der Waals surface area contributed by atoms with Gasteiger partial charge in [-0.05, 0) is 29.9 Å². The molecule has 0 spiro atoms. The summed E-state index contributed by atoms with van der Waals surface area (Å²) in [6.45, 7) is 6.35. The summed E-state index contributed by atoms with van der Waals surface area (Å²) in [5, 5.41) is 14.7. The Balaban J connectivity index is 1.61. The van der Waals surface area contributed by atoms with Crippen LogP contribution in [-0.4, -0.2) is 16.9 Å². The number of carbonyl (C=O) groups excluding carboxylic acids is 1. The third kappa shape index (κ3) is 3.51. The topological polar surface area (TPSA) is 96.3 Å². The number of rotatable bonds is 3. The van der Waals surface area contributed by atoms with Gasteiger partial charge < -0.3 is 5.32 Å². The lowest BCUT2D eigenvalue weighted by Gasteiger charge is -2.44. The molecule has 2 aliphatic heterocycles. The van der Waals surface area contributed by atoms with E-state index in [0.717, 1.165) is 28.8 Å². The van der Waals surface area contributed by atoms with Crippen molar-refractivity contribution in [2.24, 2.45) is 11.3 Å². The van der Waals surface area contributed by atoms with Crippen LogP contribution in [0, 0.1) is 28.4 Å². The maximum atomic E-state index is 13.4. The second kappa shape index (κ2) is 7.53. The summed E-state index contributed by atoms with van der Waals surface area (Å²) in [7, 11) is 0. The van der Waals surface area contributed by atoms with Crippen molar-refractivity contribution < 1.29 is 9.72 Å². The first-order chi connectivity index (χ1) is 15.2. The van der Waals surface area contributed by atoms with Crippen LogP contribution in [0.15, 0.2) is 59.8 Å². The smallest absolute Gasteiger partial charge is 0.269 e. The van der Waals surface area contributed by atoms with E-state index < -0.39 is 0 Å². The largest absolute Gasteiger partial charge is 0.371 e. The molecule has 1 saturated heterocycles. The molecule has 1 aliphatic carbocycles.